The molecular formula is C18H14N2O2S2. The topological polar surface area (TPSA) is 63.0 Å². The maximum absolute atomic E-state index is 11.8. The zero-order valence-electron chi connectivity index (χ0n) is 12.9. The maximum atomic E-state index is 11.8. The van der Waals surface area contributed by atoms with Gasteiger partial charge in [-0.05, 0) is 36.8 Å². The lowest BCUT2D eigenvalue weighted by atomic mass is 10.1. The molecule has 6 heteroatoms. The summed E-state index contributed by atoms with van der Waals surface area (Å²) in [6.45, 7) is 1.54. The summed E-state index contributed by atoms with van der Waals surface area (Å²) in [5, 5.41) is 8.67. The largest absolute Gasteiger partial charge is 0.444 e. The van der Waals surface area contributed by atoms with Gasteiger partial charge in [0.15, 0.2) is 10.4 Å². The molecule has 0 unspecified atom stereocenters. The fourth-order valence-corrected chi connectivity index (χ4v) is 4.07. The number of ether oxygens (including phenoxy) is 1. The van der Waals surface area contributed by atoms with Crippen molar-refractivity contribution in [2.75, 3.05) is 0 Å². The Bertz CT molecular complexity index is 864. The van der Waals surface area contributed by atoms with Crippen molar-refractivity contribution < 1.29 is 9.53 Å². The van der Waals surface area contributed by atoms with Gasteiger partial charge in [-0.2, -0.15) is 5.26 Å². The molecular weight excluding hydrogens is 340 g/mol. The van der Waals surface area contributed by atoms with Gasteiger partial charge in [-0.3, -0.25) is 0 Å². The SMILES string of the molecule is C[C@@H](C#N)OC(=O)c1ccc(CSc2nc3ccccc3s2)cc1. The van der Waals surface area contributed by atoms with Crippen LogP contribution in [-0.2, 0) is 10.5 Å². The van der Waals surface area contributed by atoms with E-state index >= 15 is 0 Å². The molecule has 0 aliphatic carbocycles. The van der Waals surface area contributed by atoms with Crippen molar-refractivity contribution in [2.45, 2.75) is 23.1 Å². The van der Waals surface area contributed by atoms with Gasteiger partial charge in [-0.1, -0.05) is 36.0 Å². The van der Waals surface area contributed by atoms with Crippen LogP contribution in [0.15, 0.2) is 52.9 Å². The van der Waals surface area contributed by atoms with Crippen LogP contribution in [0.2, 0.25) is 0 Å². The number of carbonyl (C=O) groups is 1. The summed E-state index contributed by atoms with van der Waals surface area (Å²) in [4.78, 5) is 16.4. The number of thiazole rings is 1. The van der Waals surface area contributed by atoms with E-state index in [1.54, 1.807) is 42.2 Å². The van der Waals surface area contributed by atoms with E-state index in [2.05, 4.69) is 11.1 Å². The number of nitriles is 1. The standard InChI is InChI=1S/C18H14N2O2S2/c1-12(10-19)22-17(21)14-8-6-13(7-9-14)11-23-18-20-15-4-2-3-5-16(15)24-18/h2-9,12H,11H2,1H3/t12-/m0/s1. The van der Waals surface area contributed by atoms with Crippen molar-refractivity contribution in [3.63, 3.8) is 0 Å². The zero-order valence-corrected chi connectivity index (χ0v) is 14.6. The van der Waals surface area contributed by atoms with Crippen LogP contribution in [0.5, 0.6) is 0 Å². The lowest BCUT2D eigenvalue weighted by molar-refractivity contribution is 0.0435. The van der Waals surface area contributed by atoms with Crippen molar-refractivity contribution >= 4 is 39.3 Å². The maximum Gasteiger partial charge on any atom is 0.339 e. The Kier molecular flexibility index (Phi) is 5.14. The summed E-state index contributed by atoms with van der Waals surface area (Å²) in [6, 6.07) is 17.2. The van der Waals surface area contributed by atoms with Crippen molar-refractivity contribution in [2.24, 2.45) is 0 Å². The molecule has 0 bridgehead atoms. The Morgan fingerprint density at radius 1 is 1.29 bits per heavy atom. The van der Waals surface area contributed by atoms with Crippen LogP contribution < -0.4 is 0 Å². The average molecular weight is 354 g/mol. The number of fused-ring (bicyclic) bond motifs is 1. The molecule has 0 aliphatic heterocycles. The van der Waals surface area contributed by atoms with Gasteiger partial charge in [0, 0.05) is 5.75 Å². The van der Waals surface area contributed by atoms with Crippen LogP contribution in [0.1, 0.15) is 22.8 Å². The van der Waals surface area contributed by atoms with Gasteiger partial charge in [-0.15, -0.1) is 11.3 Å². The minimum absolute atomic E-state index is 0.450. The van der Waals surface area contributed by atoms with Gasteiger partial charge in [0.25, 0.3) is 0 Å². The van der Waals surface area contributed by atoms with Crippen molar-refractivity contribution in [3.8, 4) is 6.07 Å². The van der Waals surface area contributed by atoms with Crippen LogP contribution in [0.3, 0.4) is 0 Å². The minimum atomic E-state index is -0.744. The zero-order chi connectivity index (χ0) is 16.9. The van der Waals surface area contributed by atoms with Gasteiger partial charge in [0.2, 0.25) is 0 Å². The van der Waals surface area contributed by atoms with Crippen molar-refractivity contribution in [3.05, 3.63) is 59.7 Å². The summed E-state index contributed by atoms with van der Waals surface area (Å²) in [6.07, 6.45) is -0.744. The predicted molar refractivity (Wildman–Crippen MR) is 96.1 cm³/mol. The summed E-state index contributed by atoms with van der Waals surface area (Å²) in [5.74, 6) is 0.304. The molecule has 0 fully saturated rings. The first kappa shape index (κ1) is 16.5. The first-order valence-electron chi connectivity index (χ1n) is 7.33. The Balaban J connectivity index is 1.62. The highest BCUT2D eigenvalue weighted by atomic mass is 32.2. The van der Waals surface area contributed by atoms with E-state index in [1.807, 2.05) is 36.4 Å². The van der Waals surface area contributed by atoms with Crippen LogP contribution in [0.4, 0.5) is 0 Å². The molecule has 0 aliphatic rings. The molecule has 0 saturated carbocycles. The Hall–Kier alpha value is -2.36. The molecule has 0 spiro atoms. The minimum Gasteiger partial charge on any atom is -0.444 e. The summed E-state index contributed by atoms with van der Waals surface area (Å²) in [5.41, 5.74) is 2.57. The van der Waals surface area contributed by atoms with Crippen molar-refractivity contribution in [1.82, 2.24) is 4.98 Å². The normalized spacial score (nSPS) is 11.8. The first-order chi connectivity index (χ1) is 11.7. The Morgan fingerprint density at radius 2 is 2.04 bits per heavy atom. The summed E-state index contributed by atoms with van der Waals surface area (Å²) in [7, 11) is 0. The number of nitrogens with zero attached hydrogens (tertiary/aromatic N) is 2. The third-order valence-corrected chi connectivity index (χ3v) is 5.54. The van der Waals surface area contributed by atoms with Gasteiger partial charge in [0.05, 0.1) is 15.8 Å². The molecule has 3 rings (SSSR count). The molecule has 3 aromatic rings. The van der Waals surface area contributed by atoms with Crippen LogP contribution >= 0.6 is 23.1 Å². The molecule has 4 nitrogen and oxygen atoms in total. The molecule has 0 N–H and O–H groups in total. The average Bonchev–Trinajstić information content (AvgIpc) is 3.03. The molecule has 0 radical (unpaired) electrons. The lowest BCUT2D eigenvalue weighted by Gasteiger charge is -2.06. The third-order valence-electron chi connectivity index (χ3n) is 3.29. The molecule has 120 valence electrons. The van der Waals surface area contributed by atoms with E-state index in [0.29, 0.717) is 5.56 Å². The molecule has 1 heterocycles. The van der Waals surface area contributed by atoms with Gasteiger partial charge >= 0.3 is 5.97 Å². The number of hydrogen-bond donors (Lipinski definition) is 0. The van der Waals surface area contributed by atoms with Crippen LogP contribution in [0.25, 0.3) is 10.2 Å². The number of rotatable bonds is 5. The second kappa shape index (κ2) is 7.47. The smallest absolute Gasteiger partial charge is 0.339 e. The number of thioether (sulfide) groups is 1. The van der Waals surface area contributed by atoms with E-state index in [0.717, 1.165) is 21.2 Å². The van der Waals surface area contributed by atoms with Crippen molar-refractivity contribution in [1.29, 1.82) is 5.26 Å². The molecule has 0 amide bonds. The molecule has 2 aromatic carbocycles. The fourth-order valence-electron chi connectivity index (χ4n) is 2.05. The number of hydrogen-bond acceptors (Lipinski definition) is 6. The van der Waals surface area contributed by atoms with Crippen LogP contribution in [0, 0.1) is 11.3 Å². The summed E-state index contributed by atoms with van der Waals surface area (Å²) < 4.78 is 7.19. The highest BCUT2D eigenvalue weighted by Crippen LogP contribution is 2.31. The third kappa shape index (κ3) is 3.94. The van der Waals surface area contributed by atoms with E-state index in [1.165, 1.54) is 4.70 Å². The Morgan fingerprint density at radius 3 is 2.75 bits per heavy atom. The molecule has 24 heavy (non-hydrogen) atoms. The second-order valence-electron chi connectivity index (χ2n) is 5.11. The van der Waals surface area contributed by atoms with Gasteiger partial charge in [0.1, 0.15) is 6.07 Å². The molecule has 1 atom stereocenters. The molecule has 1 aromatic heterocycles. The molecule has 0 saturated heterocycles. The second-order valence-corrected chi connectivity index (χ2v) is 7.36. The highest BCUT2D eigenvalue weighted by molar-refractivity contribution is 8.00. The Labute approximate surface area is 148 Å². The first-order valence-corrected chi connectivity index (χ1v) is 9.14. The number of benzene rings is 2. The van der Waals surface area contributed by atoms with E-state index in [-0.39, 0.29) is 0 Å². The highest BCUT2D eigenvalue weighted by Gasteiger charge is 2.11. The van der Waals surface area contributed by atoms with E-state index in [4.69, 9.17) is 10.00 Å². The van der Waals surface area contributed by atoms with Gasteiger partial charge in [-0.25, -0.2) is 9.78 Å². The number of aromatic nitrogens is 1. The predicted octanol–water partition coefficient (Wildman–Crippen LogP) is 4.66. The monoisotopic (exact) mass is 354 g/mol. The summed E-state index contributed by atoms with van der Waals surface area (Å²) >= 11 is 3.36. The number of para-hydroxylation sites is 1. The number of esters is 1. The van der Waals surface area contributed by atoms with Crippen LogP contribution in [-0.4, -0.2) is 17.1 Å². The fraction of sp³-hybridized carbons (Fsp3) is 0.167. The van der Waals surface area contributed by atoms with Gasteiger partial charge < -0.3 is 4.74 Å². The number of carbonyl (C=O) groups excluding carboxylic acids is 1. The van der Waals surface area contributed by atoms with E-state index in [9.17, 15) is 4.79 Å². The quantitative estimate of drug-likeness (QED) is 0.493. The van der Waals surface area contributed by atoms with E-state index < -0.39 is 12.1 Å². The lowest BCUT2D eigenvalue weighted by Crippen LogP contribution is -2.12.